The lowest BCUT2D eigenvalue weighted by atomic mass is 10.1. The molecule has 0 unspecified atom stereocenters. The molecule has 0 radical (unpaired) electrons. The Bertz CT molecular complexity index is 640. The van der Waals surface area contributed by atoms with Crippen LogP contribution in [0.4, 0.5) is 0 Å². The van der Waals surface area contributed by atoms with E-state index in [0.29, 0.717) is 17.9 Å². The van der Waals surface area contributed by atoms with Crippen LogP contribution in [-0.2, 0) is 6.42 Å². The summed E-state index contributed by atoms with van der Waals surface area (Å²) in [4.78, 5) is 4.37. The van der Waals surface area contributed by atoms with E-state index in [2.05, 4.69) is 4.98 Å². The highest BCUT2D eigenvalue weighted by atomic mass is 32.2. The van der Waals surface area contributed by atoms with Crippen molar-refractivity contribution in [3.8, 4) is 5.75 Å². The number of ether oxygens (including phenoxy) is 1. The quantitative estimate of drug-likeness (QED) is 0.780. The van der Waals surface area contributed by atoms with Gasteiger partial charge in [-0.3, -0.25) is 4.98 Å². The minimum absolute atomic E-state index is 0.317. The van der Waals surface area contributed by atoms with Crippen molar-refractivity contribution in [2.75, 3.05) is 5.75 Å². The van der Waals surface area contributed by atoms with Gasteiger partial charge in [0.15, 0.2) is 5.44 Å². The second kappa shape index (κ2) is 7.31. The molecule has 0 aliphatic carbocycles. The van der Waals surface area contributed by atoms with Crippen LogP contribution in [0.1, 0.15) is 11.3 Å². The summed E-state index contributed by atoms with van der Waals surface area (Å²) in [5, 5.41) is 29.4. The molecule has 1 fully saturated rings. The summed E-state index contributed by atoms with van der Waals surface area (Å²) in [6.07, 6.45) is -0.958. The first-order chi connectivity index (χ1) is 11.1. The number of pyridine rings is 1. The molecule has 1 aliphatic rings. The van der Waals surface area contributed by atoms with Crippen molar-refractivity contribution in [2.24, 2.45) is 0 Å². The highest BCUT2D eigenvalue weighted by Crippen LogP contribution is 2.30. The van der Waals surface area contributed by atoms with Crippen molar-refractivity contribution >= 4 is 11.8 Å². The molecule has 6 heteroatoms. The molecule has 0 spiro atoms. The standard InChI is InChI=1S/C17H19NO4S/c19-13-10-23-17(16(21)15(13)20)22-14-7-4-8-18-12(14)9-11-5-2-1-3-6-11/h1-8,13,15-17,19-21H,9-10H2/t13-,15+,16-,17-/m1/s1. The highest BCUT2D eigenvalue weighted by molar-refractivity contribution is 7.99. The topological polar surface area (TPSA) is 82.8 Å². The number of hydrogen-bond acceptors (Lipinski definition) is 6. The third-order valence-electron chi connectivity index (χ3n) is 3.76. The van der Waals surface area contributed by atoms with Crippen LogP contribution in [-0.4, -0.2) is 49.8 Å². The molecule has 0 bridgehead atoms. The van der Waals surface area contributed by atoms with Crippen LogP contribution in [0, 0.1) is 0 Å². The van der Waals surface area contributed by atoms with Crippen LogP contribution in [0.2, 0.25) is 0 Å². The molecule has 1 aliphatic heterocycles. The fourth-order valence-corrected chi connectivity index (χ4v) is 3.57. The lowest BCUT2D eigenvalue weighted by Crippen LogP contribution is -2.50. The first kappa shape index (κ1) is 16.3. The SMILES string of the molecule is O[C@@H]1[C@@H](O)[C@H](Oc2cccnc2Cc2ccccc2)SC[C@H]1O. The van der Waals surface area contributed by atoms with Gasteiger partial charge in [0.2, 0.25) is 0 Å². The number of thioether (sulfide) groups is 1. The molecule has 5 nitrogen and oxygen atoms in total. The summed E-state index contributed by atoms with van der Waals surface area (Å²) in [6.45, 7) is 0. The largest absolute Gasteiger partial charge is 0.475 e. The van der Waals surface area contributed by atoms with Crippen LogP contribution in [0.15, 0.2) is 48.7 Å². The monoisotopic (exact) mass is 333 g/mol. The van der Waals surface area contributed by atoms with E-state index in [4.69, 9.17) is 4.74 Å². The molecule has 3 N–H and O–H groups in total. The van der Waals surface area contributed by atoms with Crippen molar-refractivity contribution in [1.82, 2.24) is 4.98 Å². The zero-order chi connectivity index (χ0) is 16.2. The fraction of sp³-hybridized carbons (Fsp3) is 0.353. The maximum atomic E-state index is 10.1. The Balaban J connectivity index is 1.76. The fourth-order valence-electron chi connectivity index (χ4n) is 2.46. The van der Waals surface area contributed by atoms with Crippen LogP contribution in [0.25, 0.3) is 0 Å². The molecule has 1 saturated heterocycles. The molecular weight excluding hydrogens is 314 g/mol. The second-order valence-electron chi connectivity index (χ2n) is 5.48. The second-order valence-corrected chi connectivity index (χ2v) is 6.61. The molecule has 1 aromatic carbocycles. The maximum absolute atomic E-state index is 10.1. The predicted molar refractivity (Wildman–Crippen MR) is 88.4 cm³/mol. The molecule has 23 heavy (non-hydrogen) atoms. The van der Waals surface area contributed by atoms with Gasteiger partial charge in [0.05, 0.1) is 11.8 Å². The lowest BCUT2D eigenvalue weighted by molar-refractivity contribution is -0.0787. The summed E-state index contributed by atoms with van der Waals surface area (Å²) >= 11 is 1.28. The van der Waals surface area contributed by atoms with E-state index in [0.717, 1.165) is 11.3 Å². The Kier molecular flexibility index (Phi) is 5.17. The average Bonchev–Trinajstić information content (AvgIpc) is 2.58. The van der Waals surface area contributed by atoms with Crippen molar-refractivity contribution in [2.45, 2.75) is 30.2 Å². The molecule has 0 amide bonds. The van der Waals surface area contributed by atoms with E-state index in [9.17, 15) is 15.3 Å². The lowest BCUT2D eigenvalue weighted by Gasteiger charge is -2.34. The molecule has 1 aromatic heterocycles. The Hall–Kier alpha value is -1.60. The summed E-state index contributed by atoms with van der Waals surface area (Å²) in [5.41, 5.74) is 1.25. The van der Waals surface area contributed by atoms with Crippen molar-refractivity contribution < 1.29 is 20.1 Å². The number of aromatic nitrogens is 1. The van der Waals surface area contributed by atoms with Crippen LogP contribution >= 0.6 is 11.8 Å². The summed E-state index contributed by atoms with van der Waals surface area (Å²) in [7, 11) is 0. The van der Waals surface area contributed by atoms with Gasteiger partial charge >= 0.3 is 0 Å². The normalized spacial score (nSPS) is 27.6. The van der Waals surface area contributed by atoms with Gasteiger partial charge in [-0.25, -0.2) is 0 Å². The maximum Gasteiger partial charge on any atom is 0.173 e. The average molecular weight is 333 g/mol. The van der Waals surface area contributed by atoms with E-state index in [-0.39, 0.29) is 0 Å². The number of hydrogen-bond donors (Lipinski definition) is 3. The molecule has 2 aromatic rings. The Labute approximate surface area is 139 Å². The first-order valence-electron chi connectivity index (χ1n) is 7.45. The number of rotatable bonds is 4. The molecule has 3 rings (SSSR count). The van der Waals surface area contributed by atoms with Gasteiger partial charge in [-0.15, -0.1) is 11.8 Å². The minimum Gasteiger partial charge on any atom is -0.475 e. The molecule has 4 atom stereocenters. The van der Waals surface area contributed by atoms with E-state index >= 15 is 0 Å². The highest BCUT2D eigenvalue weighted by Gasteiger charge is 2.38. The molecule has 0 saturated carbocycles. The van der Waals surface area contributed by atoms with E-state index < -0.39 is 23.7 Å². The number of benzene rings is 1. The van der Waals surface area contributed by atoms with Gasteiger partial charge in [0.25, 0.3) is 0 Å². The number of aliphatic hydroxyl groups is 3. The van der Waals surface area contributed by atoms with Gasteiger partial charge < -0.3 is 20.1 Å². The van der Waals surface area contributed by atoms with Crippen molar-refractivity contribution in [1.29, 1.82) is 0 Å². The Morgan fingerprint density at radius 1 is 1.04 bits per heavy atom. The van der Waals surface area contributed by atoms with Crippen molar-refractivity contribution in [3.05, 3.63) is 59.9 Å². The van der Waals surface area contributed by atoms with Gasteiger partial charge in [-0.1, -0.05) is 30.3 Å². The third-order valence-corrected chi connectivity index (χ3v) is 5.00. The Morgan fingerprint density at radius 2 is 1.83 bits per heavy atom. The van der Waals surface area contributed by atoms with Gasteiger partial charge in [0, 0.05) is 18.4 Å². The molecule has 122 valence electrons. The summed E-state index contributed by atoms with van der Waals surface area (Å²) in [6, 6.07) is 13.5. The van der Waals surface area contributed by atoms with Gasteiger partial charge in [-0.05, 0) is 17.7 Å². The zero-order valence-corrected chi connectivity index (χ0v) is 13.3. The minimum atomic E-state index is -1.20. The first-order valence-corrected chi connectivity index (χ1v) is 8.50. The third kappa shape index (κ3) is 3.84. The van der Waals surface area contributed by atoms with Crippen molar-refractivity contribution in [3.63, 3.8) is 0 Å². The van der Waals surface area contributed by atoms with Crippen LogP contribution in [0.5, 0.6) is 5.75 Å². The zero-order valence-electron chi connectivity index (χ0n) is 12.4. The summed E-state index contributed by atoms with van der Waals surface area (Å²) < 4.78 is 5.87. The molecular formula is C17H19NO4S. The Morgan fingerprint density at radius 3 is 2.61 bits per heavy atom. The van der Waals surface area contributed by atoms with Crippen LogP contribution < -0.4 is 4.74 Å². The number of nitrogens with zero attached hydrogens (tertiary/aromatic N) is 1. The van der Waals surface area contributed by atoms with Gasteiger partial charge in [0.1, 0.15) is 18.0 Å². The predicted octanol–water partition coefficient (Wildman–Crippen LogP) is 1.21. The number of aliphatic hydroxyl groups excluding tert-OH is 3. The van der Waals surface area contributed by atoms with Gasteiger partial charge in [-0.2, -0.15) is 0 Å². The van der Waals surface area contributed by atoms with E-state index in [1.54, 1.807) is 18.3 Å². The smallest absolute Gasteiger partial charge is 0.173 e. The molecule has 2 heterocycles. The van der Waals surface area contributed by atoms with E-state index in [1.807, 2.05) is 30.3 Å². The van der Waals surface area contributed by atoms with Crippen LogP contribution in [0.3, 0.4) is 0 Å². The summed E-state index contributed by atoms with van der Waals surface area (Å²) in [5.74, 6) is 0.897. The van der Waals surface area contributed by atoms with E-state index in [1.165, 1.54) is 11.8 Å².